The number of carbonyl (C=O) groups excluding carboxylic acids is 4. The van der Waals surface area contributed by atoms with E-state index in [1.807, 2.05) is 0 Å². The van der Waals surface area contributed by atoms with E-state index in [9.17, 15) is 39.0 Å². The lowest BCUT2D eigenvalue weighted by molar-refractivity contribution is -0.149. The molecule has 14 heteroatoms. The van der Waals surface area contributed by atoms with E-state index in [1.165, 1.54) is 24.3 Å². The van der Waals surface area contributed by atoms with Gasteiger partial charge in [-0.15, -0.1) is 0 Å². The molecule has 202 valence electrons. The first-order valence-corrected chi connectivity index (χ1v) is 11.8. The largest absolute Gasteiger partial charge is 0.480 e. The number of carbonyl (C=O) groups is 6. The van der Waals surface area contributed by atoms with Crippen LogP contribution in [0.1, 0.15) is 42.7 Å². The van der Waals surface area contributed by atoms with E-state index in [4.69, 9.17) is 9.15 Å². The second-order valence-electron chi connectivity index (χ2n) is 8.97. The van der Waals surface area contributed by atoms with Crippen LogP contribution in [0, 0.1) is 0 Å². The summed E-state index contributed by atoms with van der Waals surface area (Å²) < 4.78 is 9.76. The Morgan fingerprint density at radius 1 is 0.946 bits per heavy atom. The van der Waals surface area contributed by atoms with Gasteiger partial charge in [0.15, 0.2) is 5.76 Å². The minimum Gasteiger partial charge on any atom is -0.480 e. The van der Waals surface area contributed by atoms with Gasteiger partial charge in [-0.05, 0) is 18.6 Å². The van der Waals surface area contributed by atoms with Crippen molar-refractivity contribution in [3.63, 3.8) is 0 Å². The third-order valence-electron chi connectivity index (χ3n) is 6.31. The number of likely N-dealkylation sites (tertiary alicyclic amines) is 2. The van der Waals surface area contributed by atoms with Crippen LogP contribution in [-0.4, -0.2) is 107 Å². The number of carboxylic acids is 2. The Bertz CT molecular complexity index is 1030. The third-order valence-corrected chi connectivity index (χ3v) is 6.31. The number of hydrogen-bond acceptors (Lipinski definition) is 8. The fourth-order valence-electron chi connectivity index (χ4n) is 4.64. The van der Waals surface area contributed by atoms with E-state index in [2.05, 4.69) is 10.6 Å². The molecular formula is C23H30N4O10. The highest BCUT2D eigenvalue weighted by atomic mass is 16.5. The van der Waals surface area contributed by atoms with Gasteiger partial charge >= 0.3 is 11.9 Å². The fourth-order valence-corrected chi connectivity index (χ4v) is 4.64. The molecule has 4 unspecified atom stereocenters. The van der Waals surface area contributed by atoms with Gasteiger partial charge in [-0.2, -0.15) is 0 Å². The van der Waals surface area contributed by atoms with E-state index in [1.54, 1.807) is 6.07 Å². The van der Waals surface area contributed by atoms with Crippen molar-refractivity contribution in [2.24, 2.45) is 0 Å². The molecular weight excluding hydrogens is 492 g/mol. The van der Waals surface area contributed by atoms with E-state index in [0.717, 1.165) is 4.90 Å². The molecule has 37 heavy (non-hydrogen) atoms. The van der Waals surface area contributed by atoms with Gasteiger partial charge in [-0.3, -0.25) is 19.2 Å². The minimum atomic E-state index is -1.21. The van der Waals surface area contributed by atoms with Crippen molar-refractivity contribution in [2.75, 3.05) is 26.8 Å². The van der Waals surface area contributed by atoms with Crippen LogP contribution in [0.4, 0.5) is 0 Å². The molecule has 2 saturated heterocycles. The van der Waals surface area contributed by atoms with Gasteiger partial charge in [0.2, 0.25) is 17.7 Å². The quantitative estimate of drug-likeness (QED) is 0.281. The molecule has 0 spiro atoms. The van der Waals surface area contributed by atoms with E-state index in [0.29, 0.717) is 0 Å². The van der Waals surface area contributed by atoms with Crippen molar-refractivity contribution in [1.82, 2.24) is 20.4 Å². The molecule has 2 aliphatic heterocycles. The summed E-state index contributed by atoms with van der Waals surface area (Å²) in [6, 6.07) is -0.358. The Kier molecular flexibility index (Phi) is 9.22. The molecule has 0 saturated carbocycles. The number of rotatable bonds is 11. The smallest absolute Gasteiger partial charge is 0.326 e. The summed E-state index contributed by atoms with van der Waals surface area (Å²) in [5.41, 5.74) is 0. The number of carboxylic acid groups (broad SMARTS) is 2. The number of furan rings is 1. The summed E-state index contributed by atoms with van der Waals surface area (Å²) >= 11 is 0. The van der Waals surface area contributed by atoms with Crippen molar-refractivity contribution >= 4 is 35.6 Å². The summed E-state index contributed by atoms with van der Waals surface area (Å²) in [5, 5.41) is 24.3. The number of methoxy groups -OCH3 is 1. The lowest BCUT2D eigenvalue weighted by atomic mass is 10.1. The first-order chi connectivity index (χ1) is 17.6. The molecule has 3 heterocycles. The van der Waals surface area contributed by atoms with Gasteiger partial charge in [0.1, 0.15) is 18.7 Å². The SMILES string of the molecule is COCC(=O)NC1CC(C(=O)O)N(C(=O)CCCC(=O)N2CC(NC(=O)c3ccco3)CC2C(=O)O)C1. The average Bonchev–Trinajstić information content (AvgIpc) is 3.58. The van der Waals surface area contributed by atoms with Crippen molar-refractivity contribution in [1.29, 1.82) is 0 Å². The highest BCUT2D eigenvalue weighted by molar-refractivity contribution is 5.92. The monoisotopic (exact) mass is 522 g/mol. The second-order valence-corrected chi connectivity index (χ2v) is 8.97. The van der Waals surface area contributed by atoms with Crippen LogP contribution in [-0.2, 0) is 28.7 Å². The number of amides is 4. The standard InChI is InChI=1S/C23H30N4O10/c1-36-12-18(28)24-13-8-15(22(32)33)26(10-13)19(29)5-2-6-20(30)27-11-14(9-16(27)23(34)35)25-21(31)17-4-3-7-37-17/h3-4,7,13-16H,2,5-6,8-12H2,1H3,(H,24,28)(H,25,31)(H,32,33)(H,34,35). The van der Waals surface area contributed by atoms with Gasteiger partial charge in [0, 0.05) is 58.0 Å². The minimum absolute atomic E-state index is 0.00768. The number of aliphatic carboxylic acids is 2. The highest BCUT2D eigenvalue weighted by Gasteiger charge is 2.41. The van der Waals surface area contributed by atoms with Crippen molar-refractivity contribution < 1.29 is 48.1 Å². The first-order valence-electron chi connectivity index (χ1n) is 11.8. The molecule has 0 radical (unpaired) electrons. The summed E-state index contributed by atoms with van der Waals surface area (Å²) in [6.07, 6.45) is 1.23. The molecule has 4 N–H and O–H groups in total. The van der Waals surface area contributed by atoms with Gasteiger partial charge in [0.05, 0.1) is 6.26 Å². The maximum Gasteiger partial charge on any atom is 0.326 e. The van der Waals surface area contributed by atoms with Gasteiger partial charge in [0.25, 0.3) is 5.91 Å². The number of hydrogen-bond donors (Lipinski definition) is 4. The predicted molar refractivity (Wildman–Crippen MR) is 123 cm³/mol. The molecule has 14 nitrogen and oxygen atoms in total. The zero-order valence-corrected chi connectivity index (χ0v) is 20.3. The average molecular weight is 523 g/mol. The van der Waals surface area contributed by atoms with E-state index in [-0.39, 0.29) is 57.6 Å². The molecule has 2 fully saturated rings. The summed E-state index contributed by atoms with van der Waals surface area (Å²) in [6.45, 7) is -0.179. The van der Waals surface area contributed by atoms with Crippen LogP contribution in [0.3, 0.4) is 0 Å². The maximum absolute atomic E-state index is 12.8. The summed E-state index contributed by atoms with van der Waals surface area (Å²) in [7, 11) is 1.35. The highest BCUT2D eigenvalue weighted by Crippen LogP contribution is 2.23. The number of nitrogens with zero attached hydrogens (tertiary/aromatic N) is 2. The zero-order valence-electron chi connectivity index (χ0n) is 20.3. The molecule has 1 aromatic rings. The van der Waals surface area contributed by atoms with Gasteiger partial charge in [-0.1, -0.05) is 0 Å². The molecule has 4 atom stereocenters. The van der Waals surface area contributed by atoms with Crippen LogP contribution in [0.25, 0.3) is 0 Å². The number of nitrogens with one attached hydrogen (secondary N) is 2. The number of ether oxygens (including phenoxy) is 1. The zero-order chi connectivity index (χ0) is 27.1. The normalized spacial score (nSPS) is 23.1. The van der Waals surface area contributed by atoms with Gasteiger partial charge < -0.3 is 39.8 Å². The molecule has 3 rings (SSSR count). The molecule has 0 aliphatic carbocycles. The second kappa shape index (κ2) is 12.3. The lowest BCUT2D eigenvalue weighted by Crippen LogP contribution is -2.42. The van der Waals surface area contributed by atoms with Crippen molar-refractivity contribution in [3.8, 4) is 0 Å². The van der Waals surface area contributed by atoms with E-state index < -0.39 is 59.7 Å². The molecule has 0 bridgehead atoms. The molecule has 1 aromatic heterocycles. The topological polar surface area (TPSA) is 196 Å². The Morgan fingerprint density at radius 3 is 1.95 bits per heavy atom. The fraction of sp³-hybridized carbons (Fsp3) is 0.565. The van der Waals surface area contributed by atoms with Crippen LogP contribution in [0.2, 0.25) is 0 Å². The van der Waals surface area contributed by atoms with Crippen molar-refractivity contribution in [2.45, 2.75) is 56.3 Å². The van der Waals surface area contributed by atoms with Crippen LogP contribution < -0.4 is 10.6 Å². The summed E-state index contributed by atoms with van der Waals surface area (Å²) in [4.78, 5) is 75.1. The third kappa shape index (κ3) is 7.06. The Labute approximate surface area is 211 Å². The molecule has 4 amide bonds. The Hall–Kier alpha value is -3.94. The Balaban J connectivity index is 1.51. The van der Waals surface area contributed by atoms with Crippen LogP contribution in [0.5, 0.6) is 0 Å². The maximum atomic E-state index is 12.8. The van der Waals surface area contributed by atoms with E-state index >= 15 is 0 Å². The Morgan fingerprint density at radius 2 is 1.49 bits per heavy atom. The van der Waals surface area contributed by atoms with Crippen molar-refractivity contribution in [3.05, 3.63) is 24.2 Å². The van der Waals surface area contributed by atoms with Crippen LogP contribution in [0.15, 0.2) is 22.8 Å². The lowest BCUT2D eigenvalue weighted by Gasteiger charge is -2.23. The first kappa shape index (κ1) is 27.6. The molecule has 2 aliphatic rings. The molecule has 0 aromatic carbocycles. The summed E-state index contributed by atoms with van der Waals surface area (Å²) in [5.74, 6) is -4.25. The van der Waals surface area contributed by atoms with Gasteiger partial charge in [-0.25, -0.2) is 9.59 Å². The predicted octanol–water partition coefficient (Wildman–Crippen LogP) is -0.949. The van der Waals surface area contributed by atoms with Crippen LogP contribution >= 0.6 is 0 Å².